The van der Waals surface area contributed by atoms with Crippen molar-refractivity contribution in [2.24, 2.45) is 5.73 Å². The number of rotatable bonds is 5. The number of nitrogens with two attached hydrogens (primary N) is 1. The number of hydrogen-bond acceptors (Lipinski definition) is 6. The molecule has 0 saturated carbocycles. The van der Waals surface area contributed by atoms with Crippen molar-refractivity contribution >= 4 is 49.7 Å². The Kier molecular flexibility index (Phi) is 4.78. The highest BCUT2D eigenvalue weighted by atomic mass is 32.2. The lowest BCUT2D eigenvalue weighted by atomic mass is 10.1. The fraction of sp³-hybridized carbons (Fsp3) is 0.0500. The van der Waals surface area contributed by atoms with Crippen LogP contribution in [-0.2, 0) is 9.84 Å². The second-order valence-electron chi connectivity index (χ2n) is 6.03. The molecule has 0 aliphatic heterocycles. The number of para-hydroxylation sites is 1. The molecule has 0 fully saturated rings. The molecule has 0 aliphatic rings. The molecule has 5 nitrogen and oxygen atoms in total. The second kappa shape index (κ2) is 7.12. The van der Waals surface area contributed by atoms with Crippen molar-refractivity contribution in [3.63, 3.8) is 0 Å². The molecule has 4 aromatic rings. The van der Waals surface area contributed by atoms with Gasteiger partial charge in [-0.05, 0) is 36.6 Å². The van der Waals surface area contributed by atoms with Gasteiger partial charge in [-0.3, -0.25) is 5.41 Å². The van der Waals surface area contributed by atoms with E-state index in [0.717, 1.165) is 5.39 Å². The highest BCUT2D eigenvalue weighted by Crippen LogP contribution is 2.40. The number of thioether (sulfide) groups is 1. The van der Waals surface area contributed by atoms with E-state index in [2.05, 4.69) is 0 Å². The van der Waals surface area contributed by atoms with Crippen LogP contribution in [0.1, 0.15) is 4.88 Å². The zero-order valence-corrected chi connectivity index (χ0v) is 17.2. The number of amidine groups is 1. The minimum absolute atomic E-state index is 0.146. The predicted octanol–water partition coefficient (Wildman–Crippen LogP) is 5.00. The third-order valence-corrected chi connectivity index (χ3v) is 8.67. The summed E-state index contributed by atoms with van der Waals surface area (Å²) < 4.78 is 33.5. The molecule has 0 amide bonds. The van der Waals surface area contributed by atoms with Crippen LogP contribution in [0.25, 0.3) is 22.3 Å². The molecule has 0 radical (unpaired) electrons. The minimum Gasteiger partial charge on any atom is -0.456 e. The zero-order valence-electron chi connectivity index (χ0n) is 14.8. The molecule has 2 aromatic heterocycles. The van der Waals surface area contributed by atoms with E-state index in [4.69, 9.17) is 15.6 Å². The summed E-state index contributed by atoms with van der Waals surface area (Å²) in [5.41, 5.74) is 6.77. The minimum atomic E-state index is -3.83. The quantitative estimate of drug-likeness (QED) is 0.265. The fourth-order valence-electron chi connectivity index (χ4n) is 2.96. The normalized spacial score (nSPS) is 11.8. The lowest BCUT2D eigenvalue weighted by molar-refractivity contribution is 0.593. The van der Waals surface area contributed by atoms with Gasteiger partial charge in [-0.15, -0.1) is 23.1 Å². The van der Waals surface area contributed by atoms with Gasteiger partial charge in [-0.25, -0.2) is 8.42 Å². The standard InChI is InChI=1S/C20H16N2O3S3/c1-26-20-18(11-16(27-20)19(21)22)28(23,24)17-9-5-3-7-13(17)15-10-12-6-2-4-8-14(12)25-15/h2-11H,1H3,(H3,21,22). The van der Waals surface area contributed by atoms with Gasteiger partial charge in [0.15, 0.2) is 0 Å². The molecular formula is C20H16N2O3S3. The molecule has 4 rings (SSSR count). The van der Waals surface area contributed by atoms with Crippen molar-refractivity contribution in [2.45, 2.75) is 14.0 Å². The maximum absolute atomic E-state index is 13.5. The lowest BCUT2D eigenvalue weighted by Gasteiger charge is -2.09. The number of nitrogens with one attached hydrogen (secondary N) is 1. The lowest BCUT2D eigenvalue weighted by Crippen LogP contribution is -2.09. The number of thiophene rings is 1. The van der Waals surface area contributed by atoms with Crippen molar-refractivity contribution in [1.29, 1.82) is 5.41 Å². The molecule has 0 aliphatic carbocycles. The number of hydrogen-bond donors (Lipinski definition) is 2. The average Bonchev–Trinajstić information content (AvgIpc) is 3.32. The van der Waals surface area contributed by atoms with Crippen LogP contribution in [0.15, 0.2) is 79.1 Å². The van der Waals surface area contributed by atoms with E-state index in [9.17, 15) is 8.42 Å². The molecule has 8 heteroatoms. The third kappa shape index (κ3) is 3.13. The summed E-state index contributed by atoms with van der Waals surface area (Å²) in [6, 6.07) is 17.7. The van der Waals surface area contributed by atoms with Gasteiger partial charge in [0.1, 0.15) is 17.2 Å². The summed E-state index contributed by atoms with van der Waals surface area (Å²) in [4.78, 5) is 0.764. The summed E-state index contributed by atoms with van der Waals surface area (Å²) in [6.07, 6.45) is 1.81. The number of benzene rings is 2. The summed E-state index contributed by atoms with van der Waals surface area (Å²) in [5.74, 6) is 0.348. The van der Waals surface area contributed by atoms with Gasteiger partial charge in [0, 0.05) is 10.9 Å². The van der Waals surface area contributed by atoms with Crippen LogP contribution in [0.4, 0.5) is 0 Å². The van der Waals surface area contributed by atoms with Crippen molar-refractivity contribution in [3.05, 3.63) is 65.5 Å². The summed E-state index contributed by atoms with van der Waals surface area (Å²) in [6.45, 7) is 0. The van der Waals surface area contributed by atoms with Crippen LogP contribution < -0.4 is 5.73 Å². The molecule has 0 bridgehead atoms. The van der Waals surface area contributed by atoms with E-state index < -0.39 is 9.84 Å². The van der Waals surface area contributed by atoms with Crippen molar-refractivity contribution in [1.82, 2.24) is 0 Å². The third-order valence-electron chi connectivity index (χ3n) is 4.27. The molecule has 0 unspecified atom stereocenters. The molecular weight excluding hydrogens is 412 g/mol. The first-order valence-electron chi connectivity index (χ1n) is 8.27. The fourth-order valence-corrected chi connectivity index (χ4v) is 7.02. The van der Waals surface area contributed by atoms with E-state index in [1.165, 1.54) is 29.2 Å². The predicted molar refractivity (Wildman–Crippen MR) is 114 cm³/mol. The molecule has 0 saturated heterocycles. The van der Waals surface area contributed by atoms with Crippen LogP contribution in [-0.4, -0.2) is 20.5 Å². The van der Waals surface area contributed by atoms with Gasteiger partial charge >= 0.3 is 0 Å². The van der Waals surface area contributed by atoms with E-state index >= 15 is 0 Å². The first-order chi connectivity index (χ1) is 13.4. The Balaban J connectivity index is 1.92. The van der Waals surface area contributed by atoms with Gasteiger partial charge in [-0.1, -0.05) is 30.3 Å². The zero-order chi connectivity index (χ0) is 19.9. The van der Waals surface area contributed by atoms with Crippen LogP contribution in [0.5, 0.6) is 0 Å². The molecule has 0 atom stereocenters. The van der Waals surface area contributed by atoms with Crippen molar-refractivity contribution in [3.8, 4) is 11.3 Å². The highest BCUT2D eigenvalue weighted by Gasteiger charge is 2.28. The van der Waals surface area contributed by atoms with Crippen LogP contribution in [0, 0.1) is 5.41 Å². The van der Waals surface area contributed by atoms with E-state index in [1.807, 2.05) is 30.3 Å². The van der Waals surface area contributed by atoms with E-state index in [-0.39, 0.29) is 15.6 Å². The van der Waals surface area contributed by atoms with Gasteiger partial charge in [0.25, 0.3) is 0 Å². The Bertz CT molecular complexity index is 1270. The van der Waals surface area contributed by atoms with Crippen molar-refractivity contribution in [2.75, 3.05) is 6.26 Å². The summed E-state index contributed by atoms with van der Waals surface area (Å²) in [7, 11) is -3.83. The summed E-state index contributed by atoms with van der Waals surface area (Å²) >= 11 is 2.53. The smallest absolute Gasteiger partial charge is 0.209 e. The molecule has 142 valence electrons. The monoisotopic (exact) mass is 428 g/mol. The van der Waals surface area contributed by atoms with Crippen LogP contribution >= 0.6 is 23.1 Å². The Morgan fingerprint density at radius 1 is 1.07 bits per heavy atom. The molecule has 2 heterocycles. The van der Waals surface area contributed by atoms with Crippen molar-refractivity contribution < 1.29 is 12.8 Å². The topological polar surface area (TPSA) is 97.1 Å². The highest BCUT2D eigenvalue weighted by molar-refractivity contribution is 8.01. The first kappa shape index (κ1) is 18.8. The Labute approximate surface area is 170 Å². The Morgan fingerprint density at radius 3 is 2.50 bits per heavy atom. The molecule has 2 aromatic carbocycles. The first-order valence-corrected chi connectivity index (χ1v) is 11.8. The summed E-state index contributed by atoms with van der Waals surface area (Å²) in [5, 5.41) is 8.54. The maximum atomic E-state index is 13.5. The Hall–Kier alpha value is -2.55. The van der Waals surface area contributed by atoms with Crippen LogP contribution in [0.2, 0.25) is 0 Å². The number of nitrogen functional groups attached to an aromatic ring is 1. The van der Waals surface area contributed by atoms with E-state index in [0.29, 0.717) is 26.0 Å². The second-order valence-corrected chi connectivity index (χ2v) is 10.0. The SMILES string of the molecule is CSc1sc(C(=N)N)cc1S(=O)(=O)c1ccccc1-c1cc2ccccc2o1. The van der Waals surface area contributed by atoms with Gasteiger partial charge in [0.2, 0.25) is 9.84 Å². The Morgan fingerprint density at radius 2 is 1.79 bits per heavy atom. The maximum Gasteiger partial charge on any atom is 0.209 e. The van der Waals surface area contributed by atoms with Gasteiger partial charge in [-0.2, -0.15) is 0 Å². The average molecular weight is 429 g/mol. The molecule has 3 N–H and O–H groups in total. The number of furan rings is 1. The number of fused-ring (bicyclic) bond motifs is 1. The van der Waals surface area contributed by atoms with E-state index in [1.54, 1.807) is 30.5 Å². The van der Waals surface area contributed by atoms with Gasteiger partial charge in [0.05, 0.1) is 18.9 Å². The number of sulfone groups is 1. The molecule has 28 heavy (non-hydrogen) atoms. The largest absolute Gasteiger partial charge is 0.456 e. The van der Waals surface area contributed by atoms with Crippen LogP contribution in [0.3, 0.4) is 0 Å². The van der Waals surface area contributed by atoms with Gasteiger partial charge < -0.3 is 10.2 Å². The molecule has 0 spiro atoms.